The van der Waals surface area contributed by atoms with Gasteiger partial charge in [-0.25, -0.2) is 0 Å². The molecule has 17 heavy (non-hydrogen) atoms. The Morgan fingerprint density at radius 1 is 1.29 bits per heavy atom. The van der Waals surface area contributed by atoms with Crippen LogP contribution < -0.4 is 5.32 Å². The van der Waals surface area contributed by atoms with Crippen LogP contribution in [-0.2, 0) is 0 Å². The third-order valence-corrected chi connectivity index (χ3v) is 2.41. The van der Waals surface area contributed by atoms with Gasteiger partial charge >= 0.3 is 0 Å². The van der Waals surface area contributed by atoms with Crippen LogP contribution >= 0.6 is 0 Å². The van der Waals surface area contributed by atoms with Crippen LogP contribution in [0.25, 0.3) is 0 Å². The molecule has 1 rings (SSSR count). The SMILES string of the molecule is C[C@H](/C=C/[C@@H](C)NC(=O)c1ccccc1)CO. The standard InChI is InChI=1S/C14H19NO2/c1-11(10-16)8-9-12(2)15-14(17)13-6-4-3-5-7-13/h3-9,11-12,16H,10H2,1-2H3,(H,15,17)/b9-8+/t11-,12-/m1/s1. The van der Waals surface area contributed by atoms with Crippen molar-refractivity contribution in [3.8, 4) is 0 Å². The van der Waals surface area contributed by atoms with Gasteiger partial charge in [0.05, 0.1) is 0 Å². The molecule has 92 valence electrons. The number of carbonyl (C=O) groups is 1. The summed E-state index contributed by atoms with van der Waals surface area (Å²) >= 11 is 0. The molecule has 0 bridgehead atoms. The summed E-state index contributed by atoms with van der Waals surface area (Å²) in [6.07, 6.45) is 3.79. The summed E-state index contributed by atoms with van der Waals surface area (Å²) in [4.78, 5) is 11.8. The van der Waals surface area contributed by atoms with Crippen LogP contribution in [0.3, 0.4) is 0 Å². The highest BCUT2D eigenvalue weighted by Gasteiger charge is 2.06. The van der Waals surface area contributed by atoms with Gasteiger partial charge < -0.3 is 10.4 Å². The van der Waals surface area contributed by atoms with Gasteiger partial charge in [0.2, 0.25) is 0 Å². The van der Waals surface area contributed by atoms with E-state index in [4.69, 9.17) is 5.11 Å². The molecule has 3 nitrogen and oxygen atoms in total. The lowest BCUT2D eigenvalue weighted by Gasteiger charge is -2.10. The second-order valence-corrected chi connectivity index (χ2v) is 4.17. The maximum absolute atomic E-state index is 11.8. The van der Waals surface area contributed by atoms with Crippen molar-refractivity contribution in [2.45, 2.75) is 19.9 Å². The lowest BCUT2D eigenvalue weighted by Crippen LogP contribution is -2.31. The summed E-state index contributed by atoms with van der Waals surface area (Å²) in [5.41, 5.74) is 0.656. The second kappa shape index (κ2) is 6.86. The Morgan fingerprint density at radius 2 is 1.94 bits per heavy atom. The van der Waals surface area contributed by atoms with E-state index in [0.29, 0.717) is 5.56 Å². The number of hydrogen-bond acceptors (Lipinski definition) is 2. The van der Waals surface area contributed by atoms with E-state index >= 15 is 0 Å². The Morgan fingerprint density at radius 3 is 2.53 bits per heavy atom. The van der Waals surface area contributed by atoms with Crippen LogP contribution in [0.2, 0.25) is 0 Å². The normalized spacial score (nSPS) is 14.5. The van der Waals surface area contributed by atoms with E-state index in [1.807, 2.05) is 44.2 Å². The first-order valence-electron chi connectivity index (χ1n) is 5.78. The van der Waals surface area contributed by atoms with Gasteiger partial charge in [0, 0.05) is 18.2 Å². The highest BCUT2D eigenvalue weighted by Crippen LogP contribution is 2.00. The van der Waals surface area contributed by atoms with Crippen molar-refractivity contribution in [3.63, 3.8) is 0 Å². The molecule has 0 fully saturated rings. The average Bonchev–Trinajstić information content (AvgIpc) is 2.36. The summed E-state index contributed by atoms with van der Waals surface area (Å²) in [7, 11) is 0. The van der Waals surface area contributed by atoms with Crippen molar-refractivity contribution < 1.29 is 9.90 Å². The zero-order valence-corrected chi connectivity index (χ0v) is 10.3. The van der Waals surface area contributed by atoms with Crippen LogP contribution in [0.1, 0.15) is 24.2 Å². The zero-order valence-electron chi connectivity index (χ0n) is 10.3. The molecule has 3 heteroatoms. The van der Waals surface area contributed by atoms with Crippen molar-refractivity contribution in [2.75, 3.05) is 6.61 Å². The van der Waals surface area contributed by atoms with Crippen molar-refractivity contribution in [1.29, 1.82) is 0 Å². The first-order chi connectivity index (χ1) is 8.13. The Hall–Kier alpha value is -1.61. The zero-order chi connectivity index (χ0) is 12.7. The lowest BCUT2D eigenvalue weighted by molar-refractivity contribution is 0.0947. The maximum Gasteiger partial charge on any atom is 0.251 e. The fourth-order valence-corrected chi connectivity index (χ4v) is 1.34. The predicted molar refractivity (Wildman–Crippen MR) is 68.8 cm³/mol. The van der Waals surface area contributed by atoms with E-state index in [1.54, 1.807) is 12.1 Å². The molecular weight excluding hydrogens is 214 g/mol. The molecule has 2 atom stereocenters. The topological polar surface area (TPSA) is 49.3 Å². The van der Waals surface area contributed by atoms with E-state index in [1.165, 1.54) is 0 Å². The highest BCUT2D eigenvalue weighted by atomic mass is 16.3. The van der Waals surface area contributed by atoms with Gasteiger partial charge in [-0.2, -0.15) is 0 Å². The number of amides is 1. The van der Waals surface area contributed by atoms with Gasteiger partial charge in [-0.15, -0.1) is 0 Å². The van der Waals surface area contributed by atoms with Gasteiger partial charge in [-0.3, -0.25) is 4.79 Å². The van der Waals surface area contributed by atoms with Crippen molar-refractivity contribution >= 4 is 5.91 Å². The van der Waals surface area contributed by atoms with Gasteiger partial charge in [-0.05, 0) is 25.0 Å². The minimum absolute atomic E-state index is 0.0447. The molecule has 0 heterocycles. The molecule has 0 aliphatic rings. The van der Waals surface area contributed by atoms with Crippen LogP contribution in [-0.4, -0.2) is 23.7 Å². The Kier molecular flexibility index (Phi) is 5.43. The monoisotopic (exact) mass is 233 g/mol. The van der Waals surface area contributed by atoms with E-state index in [9.17, 15) is 4.79 Å². The fourth-order valence-electron chi connectivity index (χ4n) is 1.34. The Balaban J connectivity index is 2.49. The smallest absolute Gasteiger partial charge is 0.251 e. The van der Waals surface area contributed by atoms with E-state index in [-0.39, 0.29) is 24.5 Å². The third kappa shape index (κ3) is 4.83. The summed E-state index contributed by atoms with van der Waals surface area (Å²) in [6.45, 7) is 3.94. The molecule has 0 aliphatic carbocycles. The maximum atomic E-state index is 11.8. The summed E-state index contributed by atoms with van der Waals surface area (Å²) in [5.74, 6) is 0.0329. The van der Waals surface area contributed by atoms with E-state index < -0.39 is 0 Å². The van der Waals surface area contributed by atoms with Crippen LogP contribution in [0.4, 0.5) is 0 Å². The van der Waals surface area contributed by atoms with Crippen molar-refractivity contribution in [3.05, 3.63) is 48.0 Å². The molecule has 0 saturated carbocycles. The largest absolute Gasteiger partial charge is 0.396 e. The number of carbonyl (C=O) groups excluding carboxylic acids is 1. The first-order valence-corrected chi connectivity index (χ1v) is 5.78. The number of aliphatic hydroxyl groups excluding tert-OH is 1. The number of aliphatic hydroxyl groups is 1. The molecule has 0 aliphatic heterocycles. The molecule has 1 aromatic carbocycles. The molecule has 0 unspecified atom stereocenters. The first kappa shape index (κ1) is 13.5. The lowest BCUT2D eigenvalue weighted by atomic mass is 10.1. The van der Waals surface area contributed by atoms with Gasteiger partial charge in [-0.1, -0.05) is 37.3 Å². The second-order valence-electron chi connectivity index (χ2n) is 4.17. The predicted octanol–water partition coefficient (Wildman–Crippen LogP) is 1.99. The average molecular weight is 233 g/mol. The minimum Gasteiger partial charge on any atom is -0.396 e. The van der Waals surface area contributed by atoms with Crippen LogP contribution in [0.5, 0.6) is 0 Å². The summed E-state index contributed by atoms with van der Waals surface area (Å²) < 4.78 is 0. The quantitative estimate of drug-likeness (QED) is 0.764. The molecule has 2 N–H and O–H groups in total. The molecular formula is C14H19NO2. The van der Waals surface area contributed by atoms with Gasteiger partial charge in [0.25, 0.3) is 5.91 Å². The molecule has 0 radical (unpaired) electrons. The summed E-state index contributed by atoms with van der Waals surface area (Å²) in [5, 5.41) is 11.7. The minimum atomic E-state index is -0.0839. The number of rotatable bonds is 5. The highest BCUT2D eigenvalue weighted by molar-refractivity contribution is 5.94. The molecule has 1 aromatic rings. The molecule has 0 spiro atoms. The number of benzene rings is 1. The Bertz CT molecular complexity index is 373. The van der Waals surface area contributed by atoms with Crippen molar-refractivity contribution in [1.82, 2.24) is 5.32 Å². The van der Waals surface area contributed by atoms with Crippen LogP contribution in [0, 0.1) is 5.92 Å². The summed E-state index contributed by atoms with van der Waals surface area (Å²) in [6, 6.07) is 9.07. The van der Waals surface area contributed by atoms with Crippen LogP contribution in [0.15, 0.2) is 42.5 Å². The Labute approximate surface area is 102 Å². The molecule has 1 amide bonds. The van der Waals surface area contributed by atoms with E-state index in [2.05, 4.69) is 5.32 Å². The fraction of sp³-hybridized carbons (Fsp3) is 0.357. The van der Waals surface area contributed by atoms with E-state index in [0.717, 1.165) is 0 Å². The third-order valence-electron chi connectivity index (χ3n) is 2.41. The number of nitrogens with one attached hydrogen (secondary N) is 1. The van der Waals surface area contributed by atoms with Gasteiger partial charge in [0.15, 0.2) is 0 Å². The number of hydrogen-bond donors (Lipinski definition) is 2. The van der Waals surface area contributed by atoms with Gasteiger partial charge in [0.1, 0.15) is 0 Å². The van der Waals surface area contributed by atoms with Crippen molar-refractivity contribution in [2.24, 2.45) is 5.92 Å². The molecule has 0 saturated heterocycles. The molecule has 0 aromatic heterocycles.